The van der Waals surface area contributed by atoms with Crippen LogP contribution in [0.1, 0.15) is 36.7 Å². The number of amides is 1. The van der Waals surface area contributed by atoms with E-state index in [1.54, 1.807) is 15.6 Å². The van der Waals surface area contributed by atoms with E-state index < -0.39 is 0 Å². The number of carbonyl (C=O) groups is 1. The van der Waals surface area contributed by atoms with E-state index in [1.807, 2.05) is 55.5 Å². The van der Waals surface area contributed by atoms with E-state index in [0.717, 1.165) is 33.3 Å². The highest BCUT2D eigenvalue weighted by Crippen LogP contribution is 2.36. The van der Waals surface area contributed by atoms with Gasteiger partial charge in [0.1, 0.15) is 11.8 Å². The number of halogens is 1. The van der Waals surface area contributed by atoms with Gasteiger partial charge >= 0.3 is 0 Å². The van der Waals surface area contributed by atoms with Crippen molar-refractivity contribution in [2.75, 3.05) is 13.2 Å². The van der Waals surface area contributed by atoms with Crippen LogP contribution in [0.15, 0.2) is 24.4 Å². The quantitative estimate of drug-likeness (QED) is 0.162. The Balaban J connectivity index is 1.39. The van der Waals surface area contributed by atoms with Crippen molar-refractivity contribution in [3.8, 4) is 35.2 Å². The Morgan fingerprint density at radius 3 is 2.82 bits per heavy atom. The topological polar surface area (TPSA) is 92.2 Å². The van der Waals surface area contributed by atoms with Crippen molar-refractivity contribution in [3.63, 3.8) is 0 Å². The number of aromatic nitrogens is 6. The first-order valence-electron chi connectivity index (χ1n) is 12.3. The lowest BCUT2D eigenvalue weighted by atomic mass is 10.0. The van der Waals surface area contributed by atoms with E-state index in [1.165, 1.54) is 0 Å². The van der Waals surface area contributed by atoms with Crippen molar-refractivity contribution >= 4 is 45.2 Å². The second-order valence-corrected chi connectivity index (χ2v) is 11.2. The average molecular weight is 645 g/mol. The zero-order valence-corrected chi connectivity index (χ0v) is 24.9. The van der Waals surface area contributed by atoms with Gasteiger partial charge in [-0.15, -0.1) is 11.5 Å². The normalized spacial score (nSPS) is 16.1. The maximum Gasteiger partial charge on any atom is 0.236 e. The zero-order chi connectivity index (χ0) is 27.0. The number of fused-ring (bicyclic) bond motifs is 1. The molecule has 0 spiro atoms. The molecule has 1 aliphatic rings. The molecule has 0 aliphatic carbocycles. The summed E-state index contributed by atoms with van der Waals surface area (Å²) in [6.07, 6.45) is 8.87. The molecule has 2 unspecified atom stereocenters. The molecule has 3 aromatic heterocycles. The lowest BCUT2D eigenvalue weighted by Gasteiger charge is -2.33. The number of aryl methyl sites for hydroxylation is 2. The van der Waals surface area contributed by atoms with E-state index in [4.69, 9.17) is 15.9 Å². The number of ether oxygens (including phenoxy) is 2. The SMILES string of the molecule is C#Cc1nn(PI)c2ccc(-c3cnn(C)c3OC3CCC(=O)N(Cc4c(C)c(OCC)nn4C)C3)cc12. The van der Waals surface area contributed by atoms with Gasteiger partial charge in [0.15, 0.2) is 0 Å². The summed E-state index contributed by atoms with van der Waals surface area (Å²) in [5.74, 6) is 4.07. The summed E-state index contributed by atoms with van der Waals surface area (Å²) < 4.78 is 17.6. The van der Waals surface area contributed by atoms with E-state index in [9.17, 15) is 4.79 Å². The van der Waals surface area contributed by atoms with Crippen molar-refractivity contribution in [2.24, 2.45) is 14.1 Å². The molecule has 198 valence electrons. The predicted octanol–water partition coefficient (Wildman–Crippen LogP) is 4.22. The highest BCUT2D eigenvalue weighted by atomic mass is 127. The van der Waals surface area contributed by atoms with Crippen LogP contribution in [0, 0.1) is 19.3 Å². The van der Waals surface area contributed by atoms with Gasteiger partial charge in [0.25, 0.3) is 0 Å². The number of terminal acetylenes is 1. The Kier molecular flexibility index (Phi) is 7.63. The Bertz CT molecular complexity index is 1550. The molecule has 1 fully saturated rings. The summed E-state index contributed by atoms with van der Waals surface area (Å²) >= 11 is 2.30. The molecule has 4 heterocycles. The Hall–Kier alpha value is -3.10. The highest BCUT2D eigenvalue weighted by Gasteiger charge is 2.30. The first-order chi connectivity index (χ1) is 18.3. The molecule has 1 amide bonds. The number of hydrogen-bond acceptors (Lipinski definition) is 6. The first kappa shape index (κ1) is 26.5. The lowest BCUT2D eigenvalue weighted by molar-refractivity contribution is -0.137. The van der Waals surface area contributed by atoms with Gasteiger partial charge in [-0.3, -0.25) is 9.48 Å². The van der Waals surface area contributed by atoms with Crippen LogP contribution in [0.5, 0.6) is 11.8 Å². The van der Waals surface area contributed by atoms with Crippen LogP contribution in [-0.4, -0.2) is 59.2 Å². The fourth-order valence-corrected chi connectivity index (χ4v) is 6.35. The minimum Gasteiger partial charge on any atom is -0.477 e. The average Bonchev–Trinajstić information content (AvgIpc) is 3.54. The third-order valence-corrected chi connectivity index (χ3v) is 8.71. The Labute approximate surface area is 236 Å². The van der Waals surface area contributed by atoms with Crippen LogP contribution in [0.25, 0.3) is 22.0 Å². The fourth-order valence-electron chi connectivity index (χ4n) is 4.82. The van der Waals surface area contributed by atoms with Gasteiger partial charge in [0, 0.05) is 31.5 Å². The van der Waals surface area contributed by atoms with E-state index in [-0.39, 0.29) is 12.0 Å². The monoisotopic (exact) mass is 645 g/mol. The second kappa shape index (κ2) is 10.9. The number of nitrogens with zero attached hydrogens (tertiary/aromatic N) is 7. The maximum atomic E-state index is 12.8. The number of carbonyl (C=O) groups excluding carboxylic acids is 1. The molecule has 38 heavy (non-hydrogen) atoms. The highest BCUT2D eigenvalue weighted by molar-refractivity contribution is 14.2. The predicted molar refractivity (Wildman–Crippen MR) is 156 cm³/mol. The molecule has 0 N–H and O–H groups in total. The minimum absolute atomic E-state index is 0.105. The fraction of sp³-hybridized carbons (Fsp3) is 0.385. The molecule has 0 saturated carbocycles. The Morgan fingerprint density at radius 2 is 2.08 bits per heavy atom. The smallest absolute Gasteiger partial charge is 0.236 e. The van der Waals surface area contributed by atoms with Gasteiger partial charge in [-0.2, -0.15) is 10.2 Å². The number of likely N-dealkylation sites (tertiary alicyclic amines) is 1. The van der Waals surface area contributed by atoms with Crippen molar-refractivity contribution in [2.45, 2.75) is 39.3 Å². The summed E-state index contributed by atoms with van der Waals surface area (Å²) in [7, 11) is 3.74. The summed E-state index contributed by atoms with van der Waals surface area (Å²) in [6, 6.07) is 6.13. The molecule has 10 nitrogen and oxygen atoms in total. The first-order valence-corrected chi connectivity index (χ1v) is 16.4. The molecule has 2 atom stereocenters. The van der Waals surface area contributed by atoms with Gasteiger partial charge < -0.3 is 14.4 Å². The molecule has 1 saturated heterocycles. The van der Waals surface area contributed by atoms with E-state index in [0.29, 0.717) is 56.4 Å². The van der Waals surface area contributed by atoms with Gasteiger partial charge in [-0.05, 0) is 65.9 Å². The summed E-state index contributed by atoms with van der Waals surface area (Å²) in [6.45, 7) is 5.37. The molecule has 4 aromatic rings. The standard InChI is InChI=1S/C26H29IN7O3P/c1-6-21-19-12-17(8-10-22(19)34(29-21)38-27)20-13-28-32(5)26(20)37-18-9-11-24(35)33(14-18)15-23-16(3)25(36-7-2)30-31(23)4/h1,8,10,12-13,18,38H,7,9,11,14-15H2,2-5H3. The maximum absolute atomic E-state index is 12.8. The van der Waals surface area contributed by atoms with Crippen LogP contribution in [0.4, 0.5) is 0 Å². The number of rotatable bonds is 8. The molecular formula is C26H29IN7O3P. The Morgan fingerprint density at radius 1 is 1.26 bits per heavy atom. The summed E-state index contributed by atoms with van der Waals surface area (Å²) in [4.78, 5) is 14.7. The molecule has 1 aliphatic heterocycles. The lowest BCUT2D eigenvalue weighted by Crippen LogP contribution is -2.44. The van der Waals surface area contributed by atoms with Crippen LogP contribution in [-0.2, 0) is 25.4 Å². The largest absolute Gasteiger partial charge is 0.477 e. The molecule has 5 rings (SSSR count). The summed E-state index contributed by atoms with van der Waals surface area (Å²) in [5, 5.41) is 14.4. The molecule has 0 radical (unpaired) electrons. The third-order valence-electron chi connectivity index (χ3n) is 6.83. The van der Waals surface area contributed by atoms with E-state index in [2.05, 4.69) is 43.3 Å². The van der Waals surface area contributed by atoms with Crippen molar-refractivity contribution < 1.29 is 14.3 Å². The van der Waals surface area contributed by atoms with Gasteiger partial charge in [-0.1, -0.05) is 6.07 Å². The van der Waals surface area contributed by atoms with Crippen LogP contribution in [0.3, 0.4) is 0 Å². The summed E-state index contributed by atoms with van der Waals surface area (Å²) in [5.41, 5.74) is 5.35. The van der Waals surface area contributed by atoms with Crippen LogP contribution < -0.4 is 9.47 Å². The van der Waals surface area contributed by atoms with Crippen molar-refractivity contribution in [3.05, 3.63) is 41.3 Å². The molecular weight excluding hydrogens is 616 g/mol. The number of hydrogen-bond donors (Lipinski definition) is 0. The molecule has 0 bridgehead atoms. The number of benzene rings is 1. The number of piperidine rings is 1. The minimum atomic E-state index is -0.172. The molecule has 1 aromatic carbocycles. The third kappa shape index (κ3) is 4.87. The van der Waals surface area contributed by atoms with Crippen LogP contribution >= 0.6 is 28.4 Å². The van der Waals surface area contributed by atoms with Crippen molar-refractivity contribution in [1.82, 2.24) is 34.0 Å². The molecule has 12 heteroatoms. The van der Waals surface area contributed by atoms with Crippen LogP contribution in [0.2, 0.25) is 0 Å². The van der Waals surface area contributed by atoms with E-state index >= 15 is 0 Å². The van der Waals surface area contributed by atoms with Gasteiger partial charge in [0.05, 0.1) is 49.0 Å². The zero-order valence-electron chi connectivity index (χ0n) is 21.7. The van der Waals surface area contributed by atoms with Crippen molar-refractivity contribution in [1.29, 1.82) is 0 Å². The second-order valence-electron chi connectivity index (χ2n) is 9.19. The van der Waals surface area contributed by atoms with Gasteiger partial charge in [-0.25, -0.2) is 9.13 Å². The van der Waals surface area contributed by atoms with Gasteiger partial charge in [0.2, 0.25) is 17.7 Å².